The second-order valence-electron chi connectivity index (χ2n) is 3.73. The van der Waals surface area contributed by atoms with Crippen LogP contribution < -0.4 is 0 Å². The summed E-state index contributed by atoms with van der Waals surface area (Å²) in [7, 11) is 1.72. The molecular formula is C10H20O2. The first-order valence-electron chi connectivity index (χ1n) is 4.58. The summed E-state index contributed by atoms with van der Waals surface area (Å²) in [5.41, 5.74) is 0. The van der Waals surface area contributed by atoms with Gasteiger partial charge in [-0.3, -0.25) is 0 Å². The highest BCUT2D eigenvalue weighted by Gasteiger charge is 2.10. The first-order valence-corrected chi connectivity index (χ1v) is 4.58. The molecule has 0 saturated carbocycles. The first-order chi connectivity index (χ1) is 5.56. The summed E-state index contributed by atoms with van der Waals surface area (Å²) in [6.07, 6.45) is 2.81. The van der Waals surface area contributed by atoms with Gasteiger partial charge in [0, 0.05) is 13.5 Å². The van der Waals surface area contributed by atoms with Crippen molar-refractivity contribution in [2.24, 2.45) is 5.92 Å². The maximum absolute atomic E-state index is 10.7. The number of ether oxygens (including phenoxy) is 1. The predicted molar refractivity (Wildman–Crippen MR) is 50.2 cm³/mol. The van der Waals surface area contributed by atoms with E-state index in [2.05, 4.69) is 13.8 Å². The number of ketones is 1. The van der Waals surface area contributed by atoms with Crippen LogP contribution in [0.2, 0.25) is 0 Å². The molecule has 2 nitrogen and oxygen atoms in total. The van der Waals surface area contributed by atoms with Gasteiger partial charge in [-0.15, -0.1) is 0 Å². The van der Waals surface area contributed by atoms with Gasteiger partial charge in [-0.1, -0.05) is 13.8 Å². The van der Waals surface area contributed by atoms with Gasteiger partial charge in [-0.2, -0.15) is 0 Å². The van der Waals surface area contributed by atoms with Crippen LogP contribution in [0.3, 0.4) is 0 Å². The third-order valence-corrected chi connectivity index (χ3v) is 1.89. The Balaban J connectivity index is 3.60. The van der Waals surface area contributed by atoms with Gasteiger partial charge in [0.25, 0.3) is 0 Å². The molecule has 2 heteroatoms. The van der Waals surface area contributed by atoms with Gasteiger partial charge in [-0.05, 0) is 25.7 Å². The quantitative estimate of drug-likeness (QED) is 0.615. The highest BCUT2D eigenvalue weighted by Crippen LogP contribution is 2.12. The molecule has 0 aromatic rings. The molecule has 0 rings (SSSR count). The number of Topliss-reactive ketones (excluding diaryl/α,β-unsaturated/α-hetero) is 1. The maximum atomic E-state index is 10.7. The van der Waals surface area contributed by atoms with Crippen LogP contribution >= 0.6 is 0 Å². The summed E-state index contributed by atoms with van der Waals surface area (Å²) in [6.45, 7) is 5.96. The Morgan fingerprint density at radius 2 is 2.00 bits per heavy atom. The second kappa shape index (κ2) is 6.18. The molecule has 0 spiro atoms. The van der Waals surface area contributed by atoms with Crippen LogP contribution in [0.15, 0.2) is 0 Å². The minimum Gasteiger partial charge on any atom is -0.381 e. The lowest BCUT2D eigenvalue weighted by Gasteiger charge is -2.16. The largest absolute Gasteiger partial charge is 0.381 e. The van der Waals surface area contributed by atoms with Crippen molar-refractivity contribution in [2.45, 2.75) is 46.1 Å². The van der Waals surface area contributed by atoms with E-state index in [1.165, 1.54) is 0 Å². The molecule has 0 N–H and O–H groups in total. The highest BCUT2D eigenvalue weighted by atomic mass is 16.5. The molecule has 0 saturated heterocycles. The highest BCUT2D eigenvalue weighted by molar-refractivity contribution is 5.75. The van der Waals surface area contributed by atoms with Crippen LogP contribution in [0.4, 0.5) is 0 Å². The van der Waals surface area contributed by atoms with E-state index in [4.69, 9.17) is 4.74 Å². The minimum atomic E-state index is 0.251. The Morgan fingerprint density at radius 1 is 1.42 bits per heavy atom. The van der Waals surface area contributed by atoms with Crippen molar-refractivity contribution < 1.29 is 9.53 Å². The van der Waals surface area contributed by atoms with E-state index in [0.29, 0.717) is 12.3 Å². The van der Waals surface area contributed by atoms with Gasteiger partial charge in [-0.25, -0.2) is 0 Å². The molecular weight excluding hydrogens is 152 g/mol. The van der Waals surface area contributed by atoms with Crippen LogP contribution in [0.1, 0.15) is 40.0 Å². The van der Waals surface area contributed by atoms with Gasteiger partial charge in [0.15, 0.2) is 0 Å². The van der Waals surface area contributed by atoms with E-state index in [0.717, 1.165) is 12.8 Å². The van der Waals surface area contributed by atoms with Gasteiger partial charge in [0.05, 0.1) is 6.10 Å². The average molecular weight is 172 g/mol. The Kier molecular flexibility index (Phi) is 5.99. The molecule has 0 bridgehead atoms. The summed E-state index contributed by atoms with van der Waals surface area (Å²) in [5, 5.41) is 0. The van der Waals surface area contributed by atoms with E-state index in [-0.39, 0.29) is 11.9 Å². The summed E-state index contributed by atoms with van der Waals surface area (Å²) in [4.78, 5) is 10.7. The lowest BCUT2D eigenvalue weighted by molar-refractivity contribution is -0.117. The van der Waals surface area contributed by atoms with E-state index in [1.54, 1.807) is 14.0 Å². The first kappa shape index (κ1) is 11.6. The van der Waals surface area contributed by atoms with Gasteiger partial charge < -0.3 is 9.53 Å². The van der Waals surface area contributed by atoms with E-state index < -0.39 is 0 Å². The number of carbonyl (C=O) groups is 1. The summed E-state index contributed by atoms with van der Waals surface area (Å²) in [5.74, 6) is 0.891. The van der Waals surface area contributed by atoms with E-state index in [1.807, 2.05) is 0 Å². The molecule has 0 aliphatic rings. The van der Waals surface area contributed by atoms with Crippen LogP contribution in [-0.4, -0.2) is 19.0 Å². The van der Waals surface area contributed by atoms with Crippen molar-refractivity contribution in [3.05, 3.63) is 0 Å². The topological polar surface area (TPSA) is 26.3 Å². The SMILES string of the molecule is COC(CCC(C)=O)CC(C)C. The summed E-state index contributed by atoms with van der Waals surface area (Å²) >= 11 is 0. The van der Waals surface area contributed by atoms with Crippen LogP contribution in [0.25, 0.3) is 0 Å². The lowest BCUT2D eigenvalue weighted by atomic mass is 10.0. The Hall–Kier alpha value is -0.370. The fourth-order valence-corrected chi connectivity index (χ4v) is 1.22. The van der Waals surface area contributed by atoms with Crippen molar-refractivity contribution in [2.75, 3.05) is 7.11 Å². The number of hydrogen-bond donors (Lipinski definition) is 0. The molecule has 0 aliphatic heterocycles. The van der Waals surface area contributed by atoms with Gasteiger partial charge in [0.2, 0.25) is 0 Å². The number of hydrogen-bond acceptors (Lipinski definition) is 2. The van der Waals surface area contributed by atoms with Crippen molar-refractivity contribution in [1.82, 2.24) is 0 Å². The molecule has 72 valence electrons. The van der Waals surface area contributed by atoms with Crippen LogP contribution in [0.5, 0.6) is 0 Å². The second-order valence-corrected chi connectivity index (χ2v) is 3.73. The molecule has 0 heterocycles. The number of methoxy groups -OCH3 is 1. The zero-order chi connectivity index (χ0) is 9.56. The predicted octanol–water partition coefficient (Wildman–Crippen LogP) is 2.42. The third kappa shape index (κ3) is 6.35. The minimum absolute atomic E-state index is 0.251. The Bertz CT molecular complexity index is 130. The summed E-state index contributed by atoms with van der Waals surface area (Å²) < 4.78 is 5.26. The van der Waals surface area contributed by atoms with Crippen LogP contribution in [-0.2, 0) is 9.53 Å². The lowest BCUT2D eigenvalue weighted by Crippen LogP contribution is -2.14. The van der Waals surface area contributed by atoms with E-state index in [9.17, 15) is 4.79 Å². The fourth-order valence-electron chi connectivity index (χ4n) is 1.22. The zero-order valence-electron chi connectivity index (χ0n) is 8.59. The van der Waals surface area contributed by atoms with Gasteiger partial charge >= 0.3 is 0 Å². The Morgan fingerprint density at radius 3 is 2.33 bits per heavy atom. The molecule has 1 unspecified atom stereocenters. The normalized spacial score (nSPS) is 13.4. The fraction of sp³-hybridized carbons (Fsp3) is 0.900. The molecule has 0 aromatic carbocycles. The standard InChI is InChI=1S/C10H20O2/c1-8(2)7-10(12-4)6-5-9(3)11/h8,10H,5-7H2,1-4H3. The molecule has 12 heavy (non-hydrogen) atoms. The monoisotopic (exact) mass is 172 g/mol. The zero-order valence-corrected chi connectivity index (χ0v) is 8.59. The smallest absolute Gasteiger partial charge is 0.129 e. The molecule has 0 aliphatic carbocycles. The van der Waals surface area contributed by atoms with Crippen molar-refractivity contribution in [1.29, 1.82) is 0 Å². The van der Waals surface area contributed by atoms with Crippen molar-refractivity contribution >= 4 is 5.78 Å². The molecule has 1 atom stereocenters. The molecule has 0 radical (unpaired) electrons. The number of rotatable bonds is 6. The van der Waals surface area contributed by atoms with Gasteiger partial charge in [0.1, 0.15) is 5.78 Å². The number of carbonyl (C=O) groups excluding carboxylic acids is 1. The molecule has 0 aromatic heterocycles. The van der Waals surface area contributed by atoms with Crippen LogP contribution in [0, 0.1) is 5.92 Å². The maximum Gasteiger partial charge on any atom is 0.129 e. The van der Waals surface area contributed by atoms with Crippen molar-refractivity contribution in [3.8, 4) is 0 Å². The molecule has 0 fully saturated rings. The third-order valence-electron chi connectivity index (χ3n) is 1.89. The molecule has 0 amide bonds. The Labute approximate surface area is 75.3 Å². The van der Waals surface area contributed by atoms with Crippen molar-refractivity contribution in [3.63, 3.8) is 0 Å². The summed E-state index contributed by atoms with van der Waals surface area (Å²) in [6, 6.07) is 0. The van der Waals surface area contributed by atoms with E-state index >= 15 is 0 Å². The average Bonchev–Trinajstić information content (AvgIpc) is 1.97.